The Bertz CT molecular complexity index is 524. The summed E-state index contributed by atoms with van der Waals surface area (Å²) in [5.41, 5.74) is 1.49. The lowest BCUT2D eigenvalue weighted by molar-refractivity contribution is -0.140. The molecule has 0 aliphatic heterocycles. The Kier molecular flexibility index (Phi) is 11.4. The number of carbonyl (C=O) groups excluding carboxylic acids is 1. The number of guanidine groups is 1. The Morgan fingerprint density at radius 1 is 1.30 bits per heavy atom. The monoisotopic (exact) mass is 437 g/mol. The summed E-state index contributed by atoms with van der Waals surface area (Å²) in [5, 5.41) is 6.27. The third-order valence-electron chi connectivity index (χ3n) is 3.25. The van der Waals surface area contributed by atoms with E-state index >= 15 is 0 Å². The van der Waals surface area contributed by atoms with Crippen LogP contribution in [0, 0.1) is 12.7 Å². The number of carbonyl (C=O) groups is 1. The van der Waals surface area contributed by atoms with Crippen LogP contribution in [0.2, 0.25) is 0 Å². The number of benzene rings is 1. The van der Waals surface area contributed by atoms with Gasteiger partial charge >= 0.3 is 5.97 Å². The molecule has 0 fully saturated rings. The molecule has 0 saturated heterocycles. The molecule has 0 aliphatic carbocycles. The van der Waals surface area contributed by atoms with Gasteiger partial charge in [0.1, 0.15) is 5.82 Å². The van der Waals surface area contributed by atoms with Crippen molar-refractivity contribution in [2.45, 2.75) is 32.7 Å². The predicted octanol–water partition coefficient (Wildman–Crippen LogP) is 2.76. The van der Waals surface area contributed by atoms with Gasteiger partial charge in [0.25, 0.3) is 0 Å². The molecule has 0 bridgehead atoms. The average Bonchev–Trinajstić information content (AvgIpc) is 2.52. The van der Waals surface area contributed by atoms with E-state index in [-0.39, 0.29) is 35.8 Å². The van der Waals surface area contributed by atoms with Crippen LogP contribution >= 0.6 is 24.0 Å². The molecule has 2 N–H and O–H groups in total. The molecular formula is C16H25FIN3O2. The summed E-state index contributed by atoms with van der Waals surface area (Å²) >= 11 is 0. The third-order valence-corrected chi connectivity index (χ3v) is 3.25. The number of nitrogens with one attached hydrogen (secondary N) is 2. The van der Waals surface area contributed by atoms with Crippen LogP contribution in [0.3, 0.4) is 0 Å². The second-order valence-corrected chi connectivity index (χ2v) is 4.97. The Morgan fingerprint density at radius 3 is 2.65 bits per heavy atom. The van der Waals surface area contributed by atoms with Gasteiger partial charge in [-0.15, -0.1) is 24.0 Å². The first kappa shape index (κ1) is 21.6. The Balaban J connectivity index is 0.00000484. The maximum Gasteiger partial charge on any atom is 0.305 e. The molecule has 0 heterocycles. The first-order valence-corrected chi connectivity index (χ1v) is 7.33. The smallest absolute Gasteiger partial charge is 0.305 e. The number of nitrogens with zero attached hydrogens (tertiary/aromatic N) is 1. The third kappa shape index (κ3) is 8.73. The van der Waals surface area contributed by atoms with Gasteiger partial charge in [-0.2, -0.15) is 0 Å². The summed E-state index contributed by atoms with van der Waals surface area (Å²) in [6, 6.07) is 5.16. The van der Waals surface area contributed by atoms with Crippen molar-refractivity contribution in [3.63, 3.8) is 0 Å². The highest BCUT2D eigenvalue weighted by atomic mass is 127. The quantitative estimate of drug-likeness (QED) is 0.227. The minimum absolute atomic E-state index is 0. The summed E-state index contributed by atoms with van der Waals surface area (Å²) in [7, 11) is 3.07. The van der Waals surface area contributed by atoms with E-state index < -0.39 is 0 Å². The van der Waals surface area contributed by atoms with Crippen LogP contribution in [0.15, 0.2) is 23.2 Å². The number of methoxy groups -OCH3 is 1. The number of aryl methyl sites for hydroxylation is 1. The molecule has 1 rings (SSSR count). The van der Waals surface area contributed by atoms with E-state index in [1.807, 2.05) is 6.07 Å². The van der Waals surface area contributed by atoms with Crippen molar-refractivity contribution < 1.29 is 13.9 Å². The molecule has 130 valence electrons. The number of ether oxygens (including phenoxy) is 1. The minimum Gasteiger partial charge on any atom is -0.469 e. The van der Waals surface area contributed by atoms with Gasteiger partial charge in [-0.3, -0.25) is 9.79 Å². The molecule has 23 heavy (non-hydrogen) atoms. The number of esters is 1. The minimum atomic E-state index is -0.204. The van der Waals surface area contributed by atoms with E-state index in [9.17, 15) is 9.18 Å². The molecule has 7 heteroatoms. The molecule has 1 aromatic rings. The lowest BCUT2D eigenvalue weighted by Crippen LogP contribution is -2.37. The molecular weight excluding hydrogens is 412 g/mol. The van der Waals surface area contributed by atoms with E-state index in [0.29, 0.717) is 31.0 Å². The molecule has 1 aromatic carbocycles. The Morgan fingerprint density at radius 2 is 2.04 bits per heavy atom. The average molecular weight is 437 g/mol. The first-order valence-electron chi connectivity index (χ1n) is 7.33. The number of halogens is 2. The van der Waals surface area contributed by atoms with E-state index in [4.69, 9.17) is 0 Å². The molecule has 0 amide bonds. The van der Waals surface area contributed by atoms with Crippen LogP contribution in [-0.4, -0.2) is 32.6 Å². The molecule has 0 spiro atoms. The summed E-state index contributed by atoms with van der Waals surface area (Å²) in [6.45, 7) is 2.94. The first-order chi connectivity index (χ1) is 10.6. The van der Waals surface area contributed by atoms with Crippen molar-refractivity contribution in [3.8, 4) is 0 Å². The number of hydrogen-bond acceptors (Lipinski definition) is 3. The maximum absolute atomic E-state index is 13.5. The van der Waals surface area contributed by atoms with Gasteiger partial charge in [-0.1, -0.05) is 12.1 Å². The van der Waals surface area contributed by atoms with E-state index in [1.165, 1.54) is 13.2 Å². The molecule has 0 saturated carbocycles. The zero-order chi connectivity index (χ0) is 16.4. The molecule has 0 unspecified atom stereocenters. The Labute approximate surface area is 154 Å². The summed E-state index contributed by atoms with van der Waals surface area (Å²) < 4.78 is 18.0. The zero-order valence-electron chi connectivity index (χ0n) is 13.8. The fourth-order valence-electron chi connectivity index (χ4n) is 1.86. The van der Waals surface area contributed by atoms with Crippen LogP contribution in [0.25, 0.3) is 0 Å². The van der Waals surface area contributed by atoms with E-state index in [0.717, 1.165) is 18.4 Å². The largest absolute Gasteiger partial charge is 0.469 e. The van der Waals surface area contributed by atoms with Crippen LogP contribution in [0.4, 0.5) is 4.39 Å². The van der Waals surface area contributed by atoms with Crippen molar-refractivity contribution >= 4 is 35.9 Å². The molecule has 0 aromatic heterocycles. The number of unbranched alkanes of at least 4 members (excludes halogenated alkanes) is 1. The van der Waals surface area contributed by atoms with Crippen molar-refractivity contribution in [1.29, 1.82) is 0 Å². The second kappa shape index (κ2) is 12.1. The second-order valence-electron chi connectivity index (χ2n) is 4.97. The van der Waals surface area contributed by atoms with Crippen LogP contribution in [0.5, 0.6) is 0 Å². The lowest BCUT2D eigenvalue weighted by atomic mass is 10.1. The predicted molar refractivity (Wildman–Crippen MR) is 101 cm³/mol. The summed E-state index contributed by atoms with van der Waals surface area (Å²) in [5.74, 6) is 0.257. The van der Waals surface area contributed by atoms with Crippen LogP contribution < -0.4 is 10.6 Å². The number of hydrogen-bond donors (Lipinski definition) is 2. The van der Waals surface area contributed by atoms with Crippen molar-refractivity contribution in [1.82, 2.24) is 10.6 Å². The van der Waals surface area contributed by atoms with Gasteiger partial charge in [-0.25, -0.2) is 4.39 Å². The molecule has 0 aliphatic rings. The van der Waals surface area contributed by atoms with Crippen molar-refractivity contribution in [3.05, 3.63) is 35.1 Å². The molecule has 0 radical (unpaired) electrons. The lowest BCUT2D eigenvalue weighted by Gasteiger charge is -2.12. The van der Waals surface area contributed by atoms with Gasteiger partial charge < -0.3 is 15.4 Å². The van der Waals surface area contributed by atoms with Gasteiger partial charge in [0.15, 0.2) is 5.96 Å². The van der Waals surface area contributed by atoms with Crippen molar-refractivity contribution in [2.75, 3.05) is 20.7 Å². The topological polar surface area (TPSA) is 62.7 Å². The van der Waals surface area contributed by atoms with E-state index in [1.54, 1.807) is 20.0 Å². The van der Waals surface area contributed by atoms with Crippen LogP contribution in [-0.2, 0) is 16.1 Å². The fraction of sp³-hybridized carbons (Fsp3) is 0.500. The van der Waals surface area contributed by atoms with Gasteiger partial charge in [0.05, 0.1) is 7.11 Å². The zero-order valence-corrected chi connectivity index (χ0v) is 16.1. The highest BCUT2D eigenvalue weighted by Gasteiger charge is 2.02. The maximum atomic E-state index is 13.5. The number of rotatable bonds is 7. The van der Waals surface area contributed by atoms with Crippen molar-refractivity contribution in [2.24, 2.45) is 4.99 Å². The molecule has 0 atom stereocenters. The van der Waals surface area contributed by atoms with Crippen LogP contribution in [0.1, 0.15) is 30.4 Å². The van der Waals surface area contributed by atoms with Gasteiger partial charge in [-0.05, 0) is 37.0 Å². The summed E-state index contributed by atoms with van der Waals surface area (Å²) in [6.07, 6.45) is 2.03. The summed E-state index contributed by atoms with van der Waals surface area (Å²) in [4.78, 5) is 15.1. The van der Waals surface area contributed by atoms with Gasteiger partial charge in [0, 0.05) is 26.6 Å². The number of aliphatic imine (C=N–C) groups is 1. The SMILES string of the molecule is CN=C(NCCCCC(=O)OC)NCc1ccc(C)c(F)c1.I. The normalized spacial score (nSPS) is 10.7. The van der Waals surface area contributed by atoms with Gasteiger partial charge in [0.2, 0.25) is 0 Å². The molecule has 5 nitrogen and oxygen atoms in total. The highest BCUT2D eigenvalue weighted by molar-refractivity contribution is 14.0. The standard InChI is InChI=1S/C16H24FN3O2.HI/c1-12-7-8-13(10-14(12)17)11-20-16(18-2)19-9-5-4-6-15(21)22-3;/h7-8,10H,4-6,9,11H2,1-3H3,(H2,18,19,20);1H. The highest BCUT2D eigenvalue weighted by Crippen LogP contribution is 2.08. The fourth-order valence-corrected chi connectivity index (χ4v) is 1.86. The Hall–Kier alpha value is -1.38. The van der Waals surface area contributed by atoms with E-state index in [2.05, 4.69) is 20.4 Å².